The van der Waals surface area contributed by atoms with Crippen LogP contribution in [-0.4, -0.2) is 33.2 Å². The number of rotatable bonds is 6. The van der Waals surface area contributed by atoms with Gasteiger partial charge in [0.15, 0.2) is 6.29 Å². The molecule has 134 valence electrons. The minimum atomic E-state index is -4.42. The highest BCUT2D eigenvalue weighted by atomic mass is 19.4. The second-order valence-electron chi connectivity index (χ2n) is 6.14. The van der Waals surface area contributed by atoms with E-state index in [2.05, 4.69) is 0 Å². The molecular formula is C17H21F3O4. The number of ether oxygens (including phenoxy) is 4. The van der Waals surface area contributed by atoms with Crippen LogP contribution in [-0.2, 0) is 20.4 Å². The standard InChI is InChI=1S/C17H21F3O4/c1-16(2,15-22-8-9-23-15)11-24-14-5-4-13(17(18,19)20)10-12(14)6-7-21-3/h4-7,10,15H,8-9,11H2,1-3H3/b7-6+. The van der Waals surface area contributed by atoms with E-state index in [1.165, 1.54) is 25.5 Å². The Morgan fingerprint density at radius 1 is 1.21 bits per heavy atom. The van der Waals surface area contributed by atoms with Crippen LogP contribution < -0.4 is 4.74 Å². The van der Waals surface area contributed by atoms with Crippen molar-refractivity contribution in [1.29, 1.82) is 0 Å². The van der Waals surface area contributed by atoms with Gasteiger partial charge in [-0.2, -0.15) is 13.2 Å². The number of hydrogen-bond donors (Lipinski definition) is 0. The molecule has 0 atom stereocenters. The summed E-state index contributed by atoms with van der Waals surface area (Å²) >= 11 is 0. The van der Waals surface area contributed by atoms with Crippen LogP contribution in [0, 0.1) is 5.41 Å². The fraction of sp³-hybridized carbons (Fsp3) is 0.529. The fourth-order valence-electron chi connectivity index (χ4n) is 2.27. The molecule has 0 N–H and O–H groups in total. The molecule has 2 rings (SSSR count). The van der Waals surface area contributed by atoms with Crippen LogP contribution in [0.25, 0.3) is 6.08 Å². The highest BCUT2D eigenvalue weighted by Gasteiger charge is 2.35. The van der Waals surface area contributed by atoms with Crippen LogP contribution >= 0.6 is 0 Å². The van der Waals surface area contributed by atoms with Gasteiger partial charge in [0.05, 0.1) is 38.8 Å². The molecule has 24 heavy (non-hydrogen) atoms. The zero-order chi connectivity index (χ0) is 17.8. The number of alkyl halides is 3. The first kappa shape index (κ1) is 18.6. The van der Waals surface area contributed by atoms with Crippen LogP contribution in [0.3, 0.4) is 0 Å². The minimum absolute atomic E-state index is 0.233. The van der Waals surface area contributed by atoms with Crippen LogP contribution in [0.15, 0.2) is 24.5 Å². The topological polar surface area (TPSA) is 36.9 Å². The van der Waals surface area contributed by atoms with E-state index < -0.39 is 23.4 Å². The van der Waals surface area contributed by atoms with E-state index in [0.29, 0.717) is 19.0 Å². The van der Waals surface area contributed by atoms with Crippen molar-refractivity contribution in [2.45, 2.75) is 26.3 Å². The van der Waals surface area contributed by atoms with Crippen LogP contribution in [0.2, 0.25) is 0 Å². The van der Waals surface area contributed by atoms with Gasteiger partial charge in [-0.05, 0) is 24.3 Å². The smallest absolute Gasteiger partial charge is 0.416 e. The molecule has 0 radical (unpaired) electrons. The van der Waals surface area contributed by atoms with E-state index in [0.717, 1.165) is 12.1 Å². The number of benzene rings is 1. The fourth-order valence-corrected chi connectivity index (χ4v) is 2.27. The summed E-state index contributed by atoms with van der Waals surface area (Å²) in [7, 11) is 1.42. The van der Waals surface area contributed by atoms with E-state index in [-0.39, 0.29) is 12.2 Å². The number of methoxy groups -OCH3 is 1. The van der Waals surface area contributed by atoms with E-state index in [1.807, 2.05) is 13.8 Å². The van der Waals surface area contributed by atoms with Gasteiger partial charge in [-0.3, -0.25) is 0 Å². The third kappa shape index (κ3) is 4.64. The third-order valence-corrected chi connectivity index (χ3v) is 3.58. The Labute approximate surface area is 139 Å². The molecule has 4 nitrogen and oxygen atoms in total. The summed E-state index contributed by atoms with van der Waals surface area (Å²) in [5.74, 6) is 0.336. The molecule has 1 heterocycles. The van der Waals surface area contributed by atoms with Crippen molar-refractivity contribution in [3.63, 3.8) is 0 Å². The zero-order valence-corrected chi connectivity index (χ0v) is 13.9. The Morgan fingerprint density at radius 3 is 2.46 bits per heavy atom. The van der Waals surface area contributed by atoms with Crippen molar-refractivity contribution < 1.29 is 32.1 Å². The third-order valence-electron chi connectivity index (χ3n) is 3.58. The molecule has 1 aromatic carbocycles. The second kappa shape index (κ2) is 7.44. The van der Waals surface area contributed by atoms with Gasteiger partial charge in [-0.25, -0.2) is 0 Å². The lowest BCUT2D eigenvalue weighted by molar-refractivity contribution is -0.137. The first-order chi connectivity index (χ1) is 11.2. The summed E-state index contributed by atoms with van der Waals surface area (Å²) in [6.07, 6.45) is -2.08. The van der Waals surface area contributed by atoms with Crippen molar-refractivity contribution in [1.82, 2.24) is 0 Å². The van der Waals surface area contributed by atoms with Crippen molar-refractivity contribution >= 4 is 6.08 Å². The van der Waals surface area contributed by atoms with Gasteiger partial charge >= 0.3 is 6.18 Å². The van der Waals surface area contributed by atoms with Crippen LogP contribution in [0.1, 0.15) is 25.0 Å². The maximum atomic E-state index is 12.9. The van der Waals surface area contributed by atoms with Gasteiger partial charge in [0.2, 0.25) is 0 Å². The number of hydrogen-bond acceptors (Lipinski definition) is 4. The van der Waals surface area contributed by atoms with Gasteiger partial charge in [-0.1, -0.05) is 13.8 Å². The van der Waals surface area contributed by atoms with Gasteiger partial charge < -0.3 is 18.9 Å². The Kier molecular flexibility index (Phi) is 5.77. The average Bonchev–Trinajstić information content (AvgIpc) is 3.05. The summed E-state index contributed by atoms with van der Waals surface area (Å²) < 4.78 is 60.1. The molecule has 0 aromatic heterocycles. The van der Waals surface area contributed by atoms with E-state index >= 15 is 0 Å². The van der Waals surface area contributed by atoms with Crippen molar-refractivity contribution in [2.24, 2.45) is 5.41 Å². The van der Waals surface area contributed by atoms with E-state index in [1.54, 1.807) is 0 Å². The van der Waals surface area contributed by atoms with Gasteiger partial charge in [0.1, 0.15) is 5.75 Å². The summed E-state index contributed by atoms with van der Waals surface area (Å²) in [5, 5.41) is 0. The molecule has 1 aromatic rings. The van der Waals surface area contributed by atoms with Crippen LogP contribution in [0.4, 0.5) is 13.2 Å². The first-order valence-electron chi connectivity index (χ1n) is 7.50. The van der Waals surface area contributed by atoms with Crippen molar-refractivity contribution in [3.05, 3.63) is 35.6 Å². The molecule has 0 amide bonds. The molecule has 1 fully saturated rings. The molecule has 0 unspecified atom stereocenters. The van der Waals surface area contributed by atoms with Crippen molar-refractivity contribution in [2.75, 3.05) is 26.9 Å². The zero-order valence-electron chi connectivity index (χ0n) is 13.9. The SMILES string of the molecule is CO/C=C/c1cc(C(F)(F)F)ccc1OCC(C)(C)C1OCCO1. The first-order valence-corrected chi connectivity index (χ1v) is 7.50. The molecule has 0 saturated carbocycles. The highest BCUT2D eigenvalue weighted by Crippen LogP contribution is 2.34. The Balaban J connectivity index is 2.17. The quantitative estimate of drug-likeness (QED) is 0.727. The number of halogens is 3. The van der Waals surface area contributed by atoms with Crippen molar-refractivity contribution in [3.8, 4) is 5.75 Å². The highest BCUT2D eigenvalue weighted by molar-refractivity contribution is 5.58. The molecule has 7 heteroatoms. The molecule has 0 aliphatic carbocycles. The predicted molar refractivity (Wildman–Crippen MR) is 82.5 cm³/mol. The van der Waals surface area contributed by atoms with E-state index in [9.17, 15) is 13.2 Å². The van der Waals surface area contributed by atoms with Crippen LogP contribution in [0.5, 0.6) is 5.75 Å². The average molecular weight is 346 g/mol. The predicted octanol–water partition coefficient (Wildman–Crippen LogP) is 4.10. The summed E-state index contributed by atoms with van der Waals surface area (Å²) in [6, 6.07) is 3.33. The Morgan fingerprint density at radius 2 is 1.88 bits per heavy atom. The normalized spacial score (nSPS) is 16.8. The molecule has 0 bridgehead atoms. The molecular weight excluding hydrogens is 325 g/mol. The summed E-state index contributed by atoms with van der Waals surface area (Å²) in [4.78, 5) is 0. The molecule has 0 spiro atoms. The lowest BCUT2D eigenvalue weighted by Gasteiger charge is -2.29. The molecule has 1 aliphatic rings. The maximum Gasteiger partial charge on any atom is 0.416 e. The summed E-state index contributed by atoms with van der Waals surface area (Å²) in [6.45, 7) is 5.11. The van der Waals surface area contributed by atoms with Gasteiger partial charge in [-0.15, -0.1) is 0 Å². The lowest BCUT2D eigenvalue weighted by atomic mass is 9.94. The maximum absolute atomic E-state index is 12.9. The Bertz CT molecular complexity index is 576. The van der Waals surface area contributed by atoms with E-state index in [4.69, 9.17) is 18.9 Å². The lowest BCUT2D eigenvalue weighted by Crippen LogP contribution is -2.36. The second-order valence-corrected chi connectivity index (χ2v) is 6.14. The summed E-state index contributed by atoms with van der Waals surface area (Å²) in [5.41, 5.74) is -0.899. The van der Waals surface area contributed by atoms with Gasteiger partial charge in [0, 0.05) is 11.0 Å². The monoisotopic (exact) mass is 346 g/mol. The minimum Gasteiger partial charge on any atom is -0.504 e. The molecule has 1 aliphatic heterocycles. The van der Waals surface area contributed by atoms with Gasteiger partial charge in [0.25, 0.3) is 0 Å². The largest absolute Gasteiger partial charge is 0.504 e. The molecule has 1 saturated heterocycles. The Hall–Kier alpha value is -1.73.